The number of rotatable bonds is 7. The number of benzene rings is 1. The van der Waals surface area contributed by atoms with Crippen molar-refractivity contribution in [2.75, 3.05) is 13.7 Å². The first kappa shape index (κ1) is 22.1. The molecular formula is C24H24N2O5. The van der Waals surface area contributed by atoms with E-state index >= 15 is 0 Å². The van der Waals surface area contributed by atoms with E-state index in [9.17, 15) is 14.9 Å². The van der Waals surface area contributed by atoms with Crippen LogP contribution >= 0.6 is 0 Å². The highest BCUT2D eigenvalue weighted by Gasteiger charge is 2.15. The lowest BCUT2D eigenvalue weighted by Gasteiger charge is -2.08. The minimum atomic E-state index is -0.752. The predicted molar refractivity (Wildman–Crippen MR) is 116 cm³/mol. The highest BCUT2D eigenvalue weighted by molar-refractivity contribution is 5.98. The summed E-state index contributed by atoms with van der Waals surface area (Å²) in [6.45, 7) is 6.87. The molecule has 0 radical (unpaired) electrons. The molecule has 3 aromatic rings. The molecule has 160 valence electrons. The number of methoxy groups -OCH3 is 1. The van der Waals surface area contributed by atoms with Crippen LogP contribution in [-0.4, -0.2) is 24.3 Å². The number of nitrogens with zero attached hydrogens (tertiary/aromatic N) is 2. The molecule has 0 fully saturated rings. The molecule has 0 amide bonds. The van der Waals surface area contributed by atoms with Crippen LogP contribution in [0.3, 0.4) is 0 Å². The van der Waals surface area contributed by atoms with Crippen LogP contribution in [0.15, 0.2) is 45.1 Å². The molecule has 7 nitrogen and oxygen atoms in total. The smallest absolute Gasteiger partial charge is 0.349 e. The van der Waals surface area contributed by atoms with E-state index in [4.69, 9.17) is 13.9 Å². The lowest BCUT2D eigenvalue weighted by atomic mass is 10.1. The van der Waals surface area contributed by atoms with Gasteiger partial charge in [0.05, 0.1) is 6.61 Å². The molecule has 1 aromatic carbocycles. The fraction of sp³-hybridized carbons (Fsp3) is 0.292. The fourth-order valence-corrected chi connectivity index (χ4v) is 3.47. The van der Waals surface area contributed by atoms with E-state index in [0.717, 1.165) is 22.5 Å². The molecule has 0 aliphatic heterocycles. The van der Waals surface area contributed by atoms with Gasteiger partial charge in [-0.3, -0.25) is 0 Å². The second kappa shape index (κ2) is 9.45. The van der Waals surface area contributed by atoms with Crippen molar-refractivity contribution < 1.29 is 18.7 Å². The van der Waals surface area contributed by atoms with Crippen LogP contribution in [0.1, 0.15) is 28.1 Å². The highest BCUT2D eigenvalue weighted by atomic mass is 16.5. The van der Waals surface area contributed by atoms with E-state index in [0.29, 0.717) is 29.7 Å². The molecular weight excluding hydrogens is 396 g/mol. The van der Waals surface area contributed by atoms with Crippen LogP contribution in [-0.2, 0) is 27.4 Å². The van der Waals surface area contributed by atoms with Crippen molar-refractivity contribution in [1.82, 2.24) is 4.57 Å². The summed E-state index contributed by atoms with van der Waals surface area (Å²) < 4.78 is 17.8. The third kappa shape index (κ3) is 4.93. The molecule has 2 aromatic heterocycles. The first-order valence-electron chi connectivity index (χ1n) is 9.82. The Morgan fingerprint density at radius 2 is 2.00 bits per heavy atom. The molecule has 0 aliphatic carbocycles. The van der Waals surface area contributed by atoms with Gasteiger partial charge in [0.1, 0.15) is 23.8 Å². The van der Waals surface area contributed by atoms with E-state index in [1.54, 1.807) is 13.2 Å². The quantitative estimate of drug-likeness (QED) is 0.250. The van der Waals surface area contributed by atoms with Crippen molar-refractivity contribution in [3.8, 4) is 6.07 Å². The normalized spacial score (nSPS) is 11.5. The van der Waals surface area contributed by atoms with Gasteiger partial charge in [0, 0.05) is 42.1 Å². The van der Waals surface area contributed by atoms with Gasteiger partial charge in [0.15, 0.2) is 0 Å². The molecule has 0 bridgehead atoms. The summed E-state index contributed by atoms with van der Waals surface area (Å²) in [6, 6.07) is 10.6. The monoisotopic (exact) mass is 420 g/mol. The van der Waals surface area contributed by atoms with Gasteiger partial charge >= 0.3 is 11.6 Å². The van der Waals surface area contributed by atoms with Crippen LogP contribution < -0.4 is 5.63 Å². The lowest BCUT2D eigenvalue weighted by molar-refractivity contribution is -0.139. The molecule has 0 unspecified atom stereocenters. The minimum Gasteiger partial charge on any atom is -0.457 e. The Kier molecular flexibility index (Phi) is 6.73. The molecule has 0 spiro atoms. The van der Waals surface area contributed by atoms with Crippen molar-refractivity contribution in [1.29, 1.82) is 5.26 Å². The van der Waals surface area contributed by atoms with Crippen molar-refractivity contribution >= 4 is 23.0 Å². The predicted octanol–water partition coefficient (Wildman–Crippen LogP) is 3.82. The summed E-state index contributed by atoms with van der Waals surface area (Å²) >= 11 is 0. The summed E-state index contributed by atoms with van der Waals surface area (Å²) in [5.74, 6) is -0.752. The number of hydrogen-bond acceptors (Lipinski definition) is 6. The topological polar surface area (TPSA) is 94.5 Å². The summed E-state index contributed by atoms with van der Waals surface area (Å²) in [4.78, 5) is 24.4. The van der Waals surface area contributed by atoms with E-state index in [2.05, 4.69) is 4.57 Å². The number of ether oxygens (including phenoxy) is 2. The van der Waals surface area contributed by atoms with E-state index in [1.165, 1.54) is 12.1 Å². The Bertz CT molecular complexity index is 1260. The second-order valence-electron chi connectivity index (χ2n) is 7.31. The van der Waals surface area contributed by atoms with Crippen molar-refractivity contribution in [3.05, 3.63) is 74.4 Å². The average molecular weight is 420 g/mol. The van der Waals surface area contributed by atoms with Gasteiger partial charge < -0.3 is 18.5 Å². The number of hydrogen-bond donors (Lipinski definition) is 0. The Morgan fingerprint density at radius 3 is 2.71 bits per heavy atom. The van der Waals surface area contributed by atoms with Crippen LogP contribution in [0, 0.1) is 32.1 Å². The maximum Gasteiger partial charge on any atom is 0.349 e. The summed E-state index contributed by atoms with van der Waals surface area (Å²) in [7, 11) is 1.64. The second-order valence-corrected chi connectivity index (χ2v) is 7.31. The van der Waals surface area contributed by atoms with Gasteiger partial charge in [0.25, 0.3) is 0 Å². The number of aryl methyl sites for hydroxylation is 2. The van der Waals surface area contributed by atoms with E-state index < -0.39 is 11.6 Å². The number of esters is 1. The van der Waals surface area contributed by atoms with Gasteiger partial charge in [-0.15, -0.1) is 0 Å². The SMILES string of the molecule is COCCn1c(C)cc(C=C(C#N)C(=O)OCc2cc(=O)oc3cc(C)ccc23)c1C. The molecule has 0 N–H and O–H groups in total. The lowest BCUT2D eigenvalue weighted by Crippen LogP contribution is -2.09. The molecule has 0 aliphatic rings. The van der Waals surface area contributed by atoms with Gasteiger partial charge in [-0.25, -0.2) is 9.59 Å². The van der Waals surface area contributed by atoms with Crippen molar-refractivity contribution in [2.45, 2.75) is 33.9 Å². The Hall–Kier alpha value is -3.63. The third-order valence-electron chi connectivity index (χ3n) is 5.12. The fourth-order valence-electron chi connectivity index (χ4n) is 3.47. The van der Waals surface area contributed by atoms with Crippen molar-refractivity contribution in [2.24, 2.45) is 0 Å². The minimum absolute atomic E-state index is 0.116. The van der Waals surface area contributed by atoms with Gasteiger partial charge in [-0.1, -0.05) is 12.1 Å². The van der Waals surface area contributed by atoms with Crippen LogP contribution in [0.25, 0.3) is 17.0 Å². The molecule has 0 saturated carbocycles. The molecule has 3 rings (SSSR count). The summed E-state index contributed by atoms with van der Waals surface area (Å²) in [6.07, 6.45) is 1.52. The molecule has 0 saturated heterocycles. The molecule has 7 heteroatoms. The Balaban J connectivity index is 1.83. The molecule has 0 atom stereocenters. The number of fused-ring (bicyclic) bond motifs is 1. The number of nitriles is 1. The van der Waals surface area contributed by atoms with Gasteiger partial charge in [-0.2, -0.15) is 5.26 Å². The molecule has 2 heterocycles. The standard InChI is InChI=1S/C24H24N2O5/c1-15-5-6-21-20(12-23(27)31-22(21)9-15)14-30-24(28)19(13-25)11-18-10-16(2)26(17(18)3)7-8-29-4/h5-6,9-12H,7-8,14H2,1-4H3. The van der Waals surface area contributed by atoms with E-state index in [-0.39, 0.29) is 12.2 Å². The maximum absolute atomic E-state index is 12.6. The highest BCUT2D eigenvalue weighted by Crippen LogP contribution is 2.21. The van der Waals surface area contributed by atoms with Gasteiger partial charge in [-0.05, 0) is 50.1 Å². The average Bonchev–Trinajstić information content (AvgIpc) is 3.00. The maximum atomic E-state index is 12.6. The number of carbonyl (C=O) groups excluding carboxylic acids is 1. The third-order valence-corrected chi connectivity index (χ3v) is 5.12. The number of carbonyl (C=O) groups is 1. The van der Waals surface area contributed by atoms with Crippen LogP contribution in [0.4, 0.5) is 0 Å². The van der Waals surface area contributed by atoms with Gasteiger partial charge in [0.2, 0.25) is 0 Å². The molecule has 31 heavy (non-hydrogen) atoms. The zero-order valence-corrected chi connectivity index (χ0v) is 18.0. The first-order chi connectivity index (χ1) is 14.8. The Morgan fingerprint density at radius 1 is 1.23 bits per heavy atom. The summed E-state index contributed by atoms with van der Waals surface area (Å²) in [5, 5.41) is 10.2. The summed E-state index contributed by atoms with van der Waals surface area (Å²) in [5.41, 5.74) is 3.96. The van der Waals surface area contributed by atoms with E-state index in [1.807, 2.05) is 45.0 Å². The largest absolute Gasteiger partial charge is 0.457 e. The van der Waals surface area contributed by atoms with Crippen LogP contribution in [0.2, 0.25) is 0 Å². The zero-order chi connectivity index (χ0) is 22.5. The first-order valence-corrected chi connectivity index (χ1v) is 9.82. The van der Waals surface area contributed by atoms with Crippen molar-refractivity contribution in [3.63, 3.8) is 0 Å². The number of aromatic nitrogens is 1. The Labute approximate surface area is 180 Å². The zero-order valence-electron chi connectivity index (χ0n) is 18.0. The van der Waals surface area contributed by atoms with Crippen LogP contribution in [0.5, 0.6) is 0 Å².